The van der Waals surface area contributed by atoms with E-state index in [2.05, 4.69) is 10.1 Å². The minimum atomic E-state index is -1.21. The highest BCUT2D eigenvalue weighted by molar-refractivity contribution is 5.83. The molecule has 0 aliphatic rings. The number of methoxy groups -OCH3 is 1. The number of aliphatic hydroxyl groups is 1. The Morgan fingerprint density at radius 2 is 2.00 bits per heavy atom. The van der Waals surface area contributed by atoms with E-state index in [1.807, 2.05) is 0 Å². The van der Waals surface area contributed by atoms with Gasteiger partial charge in [0.1, 0.15) is 6.04 Å². The molecule has 0 bridgehead atoms. The Morgan fingerprint density at radius 3 is 2.45 bits per heavy atom. The number of carbonyl (C=O) groups is 3. The molecule has 0 rings (SSSR count). The third-order valence-corrected chi connectivity index (χ3v) is 2.72. The highest BCUT2D eigenvalue weighted by Gasteiger charge is 2.23. The first-order valence-electron chi connectivity index (χ1n) is 6.42. The minimum absolute atomic E-state index is 0.0364. The van der Waals surface area contributed by atoms with Gasteiger partial charge in [-0.2, -0.15) is 0 Å². The molecular formula is C12H22N2O6. The van der Waals surface area contributed by atoms with Gasteiger partial charge in [0.2, 0.25) is 0 Å². The maximum atomic E-state index is 11.9. The van der Waals surface area contributed by atoms with Gasteiger partial charge in [-0.05, 0) is 19.8 Å². The number of amides is 2. The molecule has 0 heterocycles. The fraction of sp³-hybridized carbons (Fsp3) is 0.750. The van der Waals surface area contributed by atoms with E-state index in [0.717, 1.165) is 0 Å². The monoisotopic (exact) mass is 290 g/mol. The number of carboxylic acids is 1. The van der Waals surface area contributed by atoms with Crippen molar-refractivity contribution in [2.45, 2.75) is 32.2 Å². The lowest BCUT2D eigenvalue weighted by Gasteiger charge is -2.23. The summed E-state index contributed by atoms with van der Waals surface area (Å²) in [7, 11) is 1.21. The molecule has 0 aliphatic carbocycles. The van der Waals surface area contributed by atoms with Crippen LogP contribution < -0.4 is 5.32 Å². The highest BCUT2D eigenvalue weighted by atomic mass is 16.5. The number of esters is 1. The lowest BCUT2D eigenvalue weighted by molar-refractivity contribution is -0.142. The van der Waals surface area contributed by atoms with Gasteiger partial charge >= 0.3 is 18.0 Å². The van der Waals surface area contributed by atoms with Crippen molar-refractivity contribution in [3.63, 3.8) is 0 Å². The van der Waals surface area contributed by atoms with E-state index in [1.54, 1.807) is 6.92 Å². The largest absolute Gasteiger partial charge is 0.480 e. The predicted octanol–water partition coefficient (Wildman–Crippen LogP) is -0.193. The lowest BCUT2D eigenvalue weighted by atomic mass is 10.1. The smallest absolute Gasteiger partial charge is 0.326 e. The fourth-order valence-electron chi connectivity index (χ4n) is 1.53. The molecule has 0 unspecified atom stereocenters. The Bertz CT molecular complexity index is 334. The molecule has 3 N–H and O–H groups in total. The maximum Gasteiger partial charge on any atom is 0.326 e. The first-order chi connectivity index (χ1) is 9.46. The van der Waals surface area contributed by atoms with Crippen LogP contribution in [0.1, 0.15) is 26.2 Å². The summed E-state index contributed by atoms with van der Waals surface area (Å²) in [5, 5.41) is 20.1. The molecule has 1 atom stereocenters. The Hall–Kier alpha value is -1.83. The second-order valence-corrected chi connectivity index (χ2v) is 4.11. The molecule has 0 radical (unpaired) electrons. The zero-order chi connectivity index (χ0) is 15.5. The van der Waals surface area contributed by atoms with Crippen LogP contribution in [0, 0.1) is 0 Å². The van der Waals surface area contributed by atoms with Crippen LogP contribution in [0.15, 0.2) is 0 Å². The van der Waals surface area contributed by atoms with Crippen molar-refractivity contribution >= 4 is 18.0 Å². The van der Waals surface area contributed by atoms with Gasteiger partial charge in [-0.15, -0.1) is 0 Å². The van der Waals surface area contributed by atoms with E-state index in [1.165, 1.54) is 12.0 Å². The minimum Gasteiger partial charge on any atom is -0.480 e. The number of ether oxygens (including phenoxy) is 1. The average molecular weight is 290 g/mol. The van der Waals surface area contributed by atoms with Gasteiger partial charge in [0.25, 0.3) is 0 Å². The van der Waals surface area contributed by atoms with Crippen molar-refractivity contribution in [3.05, 3.63) is 0 Å². The van der Waals surface area contributed by atoms with Gasteiger partial charge in [-0.25, -0.2) is 9.59 Å². The summed E-state index contributed by atoms with van der Waals surface area (Å²) in [5.74, 6) is -1.74. The quantitative estimate of drug-likeness (QED) is 0.507. The van der Waals surface area contributed by atoms with Gasteiger partial charge in [-0.3, -0.25) is 4.79 Å². The van der Waals surface area contributed by atoms with Gasteiger partial charge in [0.05, 0.1) is 7.11 Å². The van der Waals surface area contributed by atoms with Crippen LogP contribution in [0.2, 0.25) is 0 Å². The average Bonchev–Trinajstić information content (AvgIpc) is 2.43. The maximum absolute atomic E-state index is 11.9. The van der Waals surface area contributed by atoms with Gasteiger partial charge in [0, 0.05) is 26.1 Å². The van der Waals surface area contributed by atoms with E-state index in [9.17, 15) is 14.4 Å². The molecule has 0 saturated heterocycles. The first-order valence-corrected chi connectivity index (χ1v) is 6.42. The molecule has 0 spiro atoms. The molecule has 8 heteroatoms. The summed E-state index contributed by atoms with van der Waals surface area (Å²) >= 11 is 0. The lowest BCUT2D eigenvalue weighted by Crippen LogP contribution is -2.48. The van der Waals surface area contributed by atoms with E-state index in [4.69, 9.17) is 10.2 Å². The van der Waals surface area contributed by atoms with Crippen LogP contribution in [0.3, 0.4) is 0 Å². The molecule has 0 aromatic rings. The number of hydrogen-bond donors (Lipinski definition) is 3. The van der Waals surface area contributed by atoms with Crippen molar-refractivity contribution in [1.82, 2.24) is 10.2 Å². The van der Waals surface area contributed by atoms with Gasteiger partial charge in [0.15, 0.2) is 0 Å². The molecule has 2 amide bonds. The Balaban J connectivity index is 4.45. The van der Waals surface area contributed by atoms with Crippen molar-refractivity contribution < 1.29 is 29.3 Å². The zero-order valence-electron chi connectivity index (χ0n) is 11.8. The third-order valence-electron chi connectivity index (χ3n) is 2.72. The van der Waals surface area contributed by atoms with Crippen LogP contribution in [0.4, 0.5) is 4.79 Å². The van der Waals surface area contributed by atoms with Crippen LogP contribution in [-0.2, 0) is 14.3 Å². The first kappa shape index (κ1) is 18.2. The summed E-state index contributed by atoms with van der Waals surface area (Å²) in [5.41, 5.74) is 0. The molecule has 8 nitrogen and oxygen atoms in total. The normalized spacial score (nSPS) is 11.6. The highest BCUT2D eigenvalue weighted by Crippen LogP contribution is 2.02. The molecule has 116 valence electrons. The SMILES string of the molecule is CCN(CCCO)C(=O)N[C@@H](CCC(=O)OC)C(=O)O. The Kier molecular flexibility index (Phi) is 9.10. The van der Waals surface area contributed by atoms with Crippen molar-refractivity contribution in [3.8, 4) is 0 Å². The Labute approximate surface area is 117 Å². The summed E-state index contributed by atoms with van der Waals surface area (Å²) in [6.45, 7) is 2.44. The number of aliphatic hydroxyl groups excluding tert-OH is 1. The molecular weight excluding hydrogens is 268 g/mol. The number of rotatable bonds is 9. The summed E-state index contributed by atoms with van der Waals surface area (Å²) < 4.78 is 4.42. The van der Waals surface area contributed by atoms with Crippen LogP contribution in [0.25, 0.3) is 0 Å². The number of nitrogens with one attached hydrogen (secondary N) is 1. The molecule has 0 fully saturated rings. The summed E-state index contributed by atoms with van der Waals surface area (Å²) in [4.78, 5) is 35.3. The van der Waals surface area contributed by atoms with Gasteiger partial charge in [-0.1, -0.05) is 0 Å². The Morgan fingerprint density at radius 1 is 1.35 bits per heavy atom. The fourth-order valence-corrected chi connectivity index (χ4v) is 1.53. The number of hydrogen-bond acceptors (Lipinski definition) is 5. The molecule has 0 aliphatic heterocycles. The number of carboxylic acid groups (broad SMARTS) is 1. The summed E-state index contributed by atoms with van der Waals surface area (Å²) in [6.07, 6.45) is 0.295. The second-order valence-electron chi connectivity index (χ2n) is 4.11. The van der Waals surface area contributed by atoms with Crippen LogP contribution in [0.5, 0.6) is 0 Å². The topological polar surface area (TPSA) is 116 Å². The van der Waals surface area contributed by atoms with Crippen molar-refractivity contribution in [2.75, 3.05) is 26.8 Å². The number of urea groups is 1. The second kappa shape index (κ2) is 10.0. The van der Waals surface area contributed by atoms with Crippen molar-refractivity contribution in [1.29, 1.82) is 0 Å². The molecule has 0 saturated carbocycles. The molecule has 0 aromatic carbocycles. The number of nitrogens with zero attached hydrogens (tertiary/aromatic N) is 1. The third kappa shape index (κ3) is 6.93. The van der Waals surface area contributed by atoms with E-state index in [0.29, 0.717) is 19.5 Å². The van der Waals surface area contributed by atoms with Gasteiger partial charge < -0.3 is 25.2 Å². The molecule has 0 aromatic heterocycles. The summed E-state index contributed by atoms with van der Waals surface area (Å²) in [6, 6.07) is -1.68. The zero-order valence-corrected chi connectivity index (χ0v) is 11.8. The van der Waals surface area contributed by atoms with E-state index in [-0.39, 0.29) is 19.4 Å². The standard InChI is InChI=1S/C12H22N2O6/c1-3-14(7-4-8-15)12(19)13-9(11(17)18)5-6-10(16)20-2/h9,15H,3-8H2,1-2H3,(H,13,19)(H,17,18)/t9-/m0/s1. The predicted molar refractivity (Wildman–Crippen MR) is 70.2 cm³/mol. The number of carbonyl (C=O) groups excluding carboxylic acids is 2. The molecule has 20 heavy (non-hydrogen) atoms. The van der Waals surface area contributed by atoms with E-state index >= 15 is 0 Å². The van der Waals surface area contributed by atoms with Crippen LogP contribution in [-0.4, -0.2) is 65.9 Å². The van der Waals surface area contributed by atoms with E-state index < -0.39 is 24.0 Å². The van der Waals surface area contributed by atoms with Crippen molar-refractivity contribution in [2.24, 2.45) is 0 Å². The van der Waals surface area contributed by atoms with Crippen LogP contribution >= 0.6 is 0 Å². The number of aliphatic carboxylic acids is 1.